The van der Waals surface area contributed by atoms with Gasteiger partial charge in [0.15, 0.2) is 5.43 Å². The fourth-order valence-corrected chi connectivity index (χ4v) is 2.81. The fraction of sp³-hybridized carbons (Fsp3) is 0.400. The minimum atomic E-state index is -0.198. The van der Waals surface area contributed by atoms with Crippen LogP contribution in [-0.2, 0) is 0 Å². The zero-order chi connectivity index (χ0) is 14.8. The monoisotopic (exact) mass is 286 g/mol. The maximum atomic E-state index is 12.6. The molecule has 1 atom stereocenters. The Morgan fingerprint density at radius 2 is 2.29 bits per heavy atom. The number of aryl methyl sites for hydroxylation is 1. The van der Waals surface area contributed by atoms with Crippen LogP contribution >= 0.6 is 0 Å². The van der Waals surface area contributed by atoms with Crippen molar-refractivity contribution in [3.8, 4) is 0 Å². The molecule has 1 amide bonds. The number of imidazole rings is 1. The Hall–Kier alpha value is -2.37. The molecule has 1 aliphatic rings. The van der Waals surface area contributed by atoms with E-state index in [0.717, 1.165) is 18.7 Å². The lowest BCUT2D eigenvalue weighted by Crippen LogP contribution is -2.41. The van der Waals surface area contributed by atoms with Gasteiger partial charge in [-0.05, 0) is 19.8 Å². The number of hydrogen-bond donors (Lipinski definition) is 2. The Bertz CT molecular complexity index is 690. The average Bonchev–Trinajstić information content (AvgIpc) is 3.04. The first-order chi connectivity index (χ1) is 10.2. The molecule has 2 aromatic heterocycles. The van der Waals surface area contributed by atoms with Gasteiger partial charge in [-0.1, -0.05) is 0 Å². The van der Waals surface area contributed by atoms with Crippen molar-refractivity contribution in [2.75, 3.05) is 13.1 Å². The largest absolute Gasteiger partial charge is 0.366 e. The van der Waals surface area contributed by atoms with Crippen LogP contribution in [0.5, 0.6) is 0 Å². The number of hydrogen-bond acceptors (Lipinski definition) is 3. The first-order valence-corrected chi connectivity index (χ1v) is 7.13. The molecule has 0 spiro atoms. The second-order valence-electron chi connectivity index (χ2n) is 5.45. The van der Waals surface area contributed by atoms with Crippen LogP contribution in [0, 0.1) is 6.92 Å². The lowest BCUT2D eigenvalue weighted by molar-refractivity contribution is 0.0703. The Morgan fingerprint density at radius 1 is 1.43 bits per heavy atom. The van der Waals surface area contributed by atoms with E-state index in [0.29, 0.717) is 18.7 Å². The van der Waals surface area contributed by atoms with E-state index < -0.39 is 0 Å². The number of rotatable bonds is 2. The fourth-order valence-electron chi connectivity index (χ4n) is 2.81. The van der Waals surface area contributed by atoms with Gasteiger partial charge in [-0.3, -0.25) is 9.59 Å². The predicted molar refractivity (Wildman–Crippen MR) is 78.3 cm³/mol. The van der Waals surface area contributed by atoms with Crippen molar-refractivity contribution in [1.82, 2.24) is 19.9 Å². The number of aromatic amines is 2. The van der Waals surface area contributed by atoms with Crippen LogP contribution < -0.4 is 5.43 Å². The van der Waals surface area contributed by atoms with Gasteiger partial charge in [-0.2, -0.15) is 0 Å². The smallest absolute Gasteiger partial charge is 0.259 e. The molecule has 1 fully saturated rings. The Morgan fingerprint density at radius 3 is 3.05 bits per heavy atom. The molecule has 2 aromatic rings. The lowest BCUT2D eigenvalue weighted by atomic mass is 9.96. The lowest BCUT2D eigenvalue weighted by Gasteiger charge is -2.31. The predicted octanol–water partition coefficient (Wildman–Crippen LogP) is 1.43. The third-order valence-corrected chi connectivity index (χ3v) is 3.98. The van der Waals surface area contributed by atoms with Crippen LogP contribution in [0.2, 0.25) is 0 Å². The zero-order valence-electron chi connectivity index (χ0n) is 11.9. The van der Waals surface area contributed by atoms with Gasteiger partial charge in [-0.15, -0.1) is 0 Å². The van der Waals surface area contributed by atoms with Crippen LogP contribution in [0.4, 0.5) is 0 Å². The first kappa shape index (κ1) is 13.6. The second kappa shape index (κ2) is 5.55. The van der Waals surface area contributed by atoms with Crippen molar-refractivity contribution in [2.24, 2.45) is 0 Å². The number of pyridine rings is 1. The molecule has 6 nitrogen and oxygen atoms in total. The zero-order valence-corrected chi connectivity index (χ0v) is 11.9. The minimum Gasteiger partial charge on any atom is -0.366 e. The van der Waals surface area contributed by atoms with Gasteiger partial charge in [0.1, 0.15) is 11.4 Å². The minimum absolute atomic E-state index is 0.195. The summed E-state index contributed by atoms with van der Waals surface area (Å²) >= 11 is 0. The maximum absolute atomic E-state index is 12.6. The summed E-state index contributed by atoms with van der Waals surface area (Å²) < 4.78 is 0. The highest BCUT2D eigenvalue weighted by Crippen LogP contribution is 2.24. The van der Waals surface area contributed by atoms with E-state index in [9.17, 15) is 9.59 Å². The highest BCUT2D eigenvalue weighted by Gasteiger charge is 2.27. The number of likely N-dealkylation sites (tertiary alicyclic amines) is 1. The Labute approximate surface area is 122 Å². The summed E-state index contributed by atoms with van der Waals surface area (Å²) in [6, 6.07) is 0. The van der Waals surface area contributed by atoms with Crippen molar-refractivity contribution in [2.45, 2.75) is 25.7 Å². The molecule has 3 rings (SSSR count). The van der Waals surface area contributed by atoms with Crippen LogP contribution in [-0.4, -0.2) is 38.8 Å². The topological polar surface area (TPSA) is 81.8 Å². The highest BCUT2D eigenvalue weighted by atomic mass is 16.2. The number of piperidine rings is 1. The SMILES string of the molecule is Cc1c[nH]cc(C(=O)N2CCCC(c3ncc[nH]3)C2)c1=O. The molecule has 6 heteroatoms. The molecule has 21 heavy (non-hydrogen) atoms. The van der Waals surface area contributed by atoms with Crippen LogP contribution in [0.15, 0.2) is 29.6 Å². The average molecular weight is 286 g/mol. The van der Waals surface area contributed by atoms with Gasteiger partial charge in [0.2, 0.25) is 0 Å². The molecule has 0 aliphatic carbocycles. The molecule has 110 valence electrons. The highest BCUT2D eigenvalue weighted by molar-refractivity contribution is 5.94. The second-order valence-corrected chi connectivity index (χ2v) is 5.45. The summed E-state index contributed by atoms with van der Waals surface area (Å²) in [5.74, 6) is 0.920. The Balaban J connectivity index is 1.81. The van der Waals surface area contributed by atoms with Gasteiger partial charge < -0.3 is 14.9 Å². The van der Waals surface area contributed by atoms with Gasteiger partial charge in [0.25, 0.3) is 5.91 Å². The third kappa shape index (κ3) is 2.61. The molecular weight excluding hydrogens is 268 g/mol. The molecule has 1 aliphatic heterocycles. The summed E-state index contributed by atoms with van der Waals surface area (Å²) in [4.78, 5) is 36.6. The van der Waals surface area contributed by atoms with E-state index in [1.165, 1.54) is 6.20 Å². The molecule has 3 heterocycles. The number of aromatic nitrogens is 3. The van der Waals surface area contributed by atoms with Gasteiger partial charge in [0, 0.05) is 49.4 Å². The normalized spacial score (nSPS) is 18.7. The number of H-pyrrole nitrogens is 2. The molecule has 0 radical (unpaired) electrons. The molecule has 2 N–H and O–H groups in total. The quantitative estimate of drug-likeness (QED) is 0.876. The summed E-state index contributed by atoms with van der Waals surface area (Å²) in [6.45, 7) is 2.99. The van der Waals surface area contributed by atoms with Gasteiger partial charge in [-0.25, -0.2) is 4.98 Å². The molecule has 0 saturated carbocycles. The van der Waals surface area contributed by atoms with E-state index in [1.54, 1.807) is 30.4 Å². The van der Waals surface area contributed by atoms with E-state index in [1.807, 2.05) is 0 Å². The van der Waals surface area contributed by atoms with E-state index in [4.69, 9.17) is 0 Å². The van der Waals surface area contributed by atoms with Gasteiger partial charge >= 0.3 is 0 Å². The van der Waals surface area contributed by atoms with Gasteiger partial charge in [0.05, 0.1) is 0 Å². The number of nitrogens with one attached hydrogen (secondary N) is 2. The standard InChI is InChI=1S/C15H18N4O2/c1-10-7-16-8-12(13(10)20)15(21)19-6-2-3-11(9-19)14-17-4-5-18-14/h4-5,7-8,11H,2-3,6,9H2,1H3,(H,16,20)(H,17,18). The van der Waals surface area contributed by atoms with E-state index >= 15 is 0 Å². The van der Waals surface area contributed by atoms with Crippen molar-refractivity contribution in [3.63, 3.8) is 0 Å². The molecule has 1 saturated heterocycles. The number of carbonyl (C=O) groups excluding carboxylic acids is 1. The van der Waals surface area contributed by atoms with Crippen molar-refractivity contribution in [3.05, 3.63) is 52.0 Å². The molecule has 1 unspecified atom stereocenters. The van der Waals surface area contributed by atoms with Crippen molar-refractivity contribution >= 4 is 5.91 Å². The molecule has 0 bridgehead atoms. The van der Waals surface area contributed by atoms with Crippen molar-refractivity contribution < 1.29 is 4.79 Å². The number of amides is 1. The molecular formula is C15H18N4O2. The molecule has 0 aromatic carbocycles. The maximum Gasteiger partial charge on any atom is 0.259 e. The Kier molecular flexibility index (Phi) is 3.60. The van der Waals surface area contributed by atoms with E-state index in [2.05, 4.69) is 15.0 Å². The first-order valence-electron chi connectivity index (χ1n) is 7.13. The van der Waals surface area contributed by atoms with Crippen molar-refractivity contribution in [1.29, 1.82) is 0 Å². The summed E-state index contributed by atoms with van der Waals surface area (Å²) in [7, 11) is 0. The van der Waals surface area contributed by atoms with Crippen LogP contribution in [0.3, 0.4) is 0 Å². The van der Waals surface area contributed by atoms with E-state index in [-0.39, 0.29) is 22.8 Å². The van der Waals surface area contributed by atoms with Crippen LogP contribution in [0.25, 0.3) is 0 Å². The number of carbonyl (C=O) groups is 1. The summed E-state index contributed by atoms with van der Waals surface area (Å²) in [6.07, 6.45) is 8.54. The summed E-state index contributed by atoms with van der Waals surface area (Å²) in [5.41, 5.74) is 0.578. The van der Waals surface area contributed by atoms with Crippen LogP contribution in [0.1, 0.15) is 40.5 Å². The summed E-state index contributed by atoms with van der Waals surface area (Å²) in [5, 5.41) is 0. The number of nitrogens with zero attached hydrogens (tertiary/aromatic N) is 2. The third-order valence-electron chi connectivity index (χ3n) is 3.98.